The third kappa shape index (κ3) is 2.65. The first kappa shape index (κ1) is 12.1. The Morgan fingerprint density at radius 3 is 2.82 bits per heavy atom. The first-order valence-electron chi connectivity index (χ1n) is 5.19. The van der Waals surface area contributed by atoms with Crippen molar-refractivity contribution in [3.63, 3.8) is 0 Å². The normalized spacial score (nSPS) is 21.4. The molecule has 2 rings (SSSR count). The summed E-state index contributed by atoms with van der Waals surface area (Å²) in [5.74, 6) is 0.215. The van der Waals surface area contributed by atoms with E-state index in [9.17, 15) is 13.2 Å². The predicted molar refractivity (Wildman–Crippen MR) is 61.9 cm³/mol. The Kier molecular flexibility index (Phi) is 2.92. The highest BCUT2D eigenvalue weighted by atomic mass is 32.2. The quantitative estimate of drug-likeness (QED) is 0.863. The molecule has 0 bridgehead atoms. The number of hydrogen-bond donors (Lipinski definition) is 1. The molecule has 0 saturated heterocycles. The lowest BCUT2D eigenvalue weighted by Crippen LogP contribution is -2.37. The maximum absolute atomic E-state index is 11.4. The predicted octanol–water partition coefficient (Wildman–Crippen LogP) is 1.24. The molecular weight excluding hydrogens is 242 g/mol. The van der Waals surface area contributed by atoms with Crippen molar-refractivity contribution in [1.82, 2.24) is 4.72 Å². The van der Waals surface area contributed by atoms with Gasteiger partial charge in [-0.05, 0) is 19.9 Å². The molecule has 1 aliphatic rings. The molecule has 0 aliphatic carbocycles. The minimum absolute atomic E-state index is 0.0768. The Morgan fingerprint density at radius 1 is 1.47 bits per heavy atom. The van der Waals surface area contributed by atoms with Crippen LogP contribution in [0.5, 0.6) is 5.75 Å². The van der Waals surface area contributed by atoms with E-state index in [0.29, 0.717) is 11.3 Å². The number of Topliss-reactive ketones (excluding diaryl/α,β-unsaturated/α-hetero) is 1. The summed E-state index contributed by atoms with van der Waals surface area (Å²) >= 11 is 0. The lowest BCUT2D eigenvalue weighted by Gasteiger charge is -2.25. The topological polar surface area (TPSA) is 72.5 Å². The lowest BCUT2D eigenvalue weighted by molar-refractivity contribution is -0.117. The summed E-state index contributed by atoms with van der Waals surface area (Å²) in [5, 5.41) is 0. The van der Waals surface area contributed by atoms with Crippen molar-refractivity contribution in [2.45, 2.75) is 26.3 Å². The van der Waals surface area contributed by atoms with Crippen LogP contribution in [0.2, 0.25) is 0 Å². The van der Waals surface area contributed by atoms with E-state index in [0.717, 1.165) is 5.56 Å². The maximum Gasteiger partial charge on any atom is 0.383 e. The maximum atomic E-state index is 11.4. The summed E-state index contributed by atoms with van der Waals surface area (Å²) in [6.07, 6.45) is 0.124. The summed E-state index contributed by atoms with van der Waals surface area (Å²) < 4.78 is 30.1. The van der Waals surface area contributed by atoms with Crippen LogP contribution in [0.4, 0.5) is 0 Å². The second-order valence-electron chi connectivity index (χ2n) is 4.16. The number of fused-ring (bicyclic) bond motifs is 1. The molecule has 0 radical (unpaired) electrons. The van der Waals surface area contributed by atoms with Gasteiger partial charge in [-0.3, -0.25) is 4.79 Å². The van der Waals surface area contributed by atoms with Crippen molar-refractivity contribution in [2.24, 2.45) is 0 Å². The van der Waals surface area contributed by atoms with E-state index in [1.807, 2.05) is 13.0 Å². The number of rotatable bonds is 2. The van der Waals surface area contributed by atoms with Gasteiger partial charge in [0.25, 0.3) is 0 Å². The highest BCUT2D eigenvalue weighted by Crippen LogP contribution is 2.33. The third-order valence-electron chi connectivity index (χ3n) is 2.52. The minimum atomic E-state index is -3.81. The summed E-state index contributed by atoms with van der Waals surface area (Å²) in [6, 6.07) is 4.66. The molecule has 0 spiro atoms. The van der Waals surface area contributed by atoms with Gasteiger partial charge in [0.05, 0.1) is 6.04 Å². The van der Waals surface area contributed by atoms with E-state index in [1.165, 1.54) is 6.92 Å². The number of aryl methyl sites for hydroxylation is 1. The zero-order chi connectivity index (χ0) is 12.6. The Hall–Kier alpha value is -1.40. The number of nitrogens with one attached hydrogen (secondary N) is 1. The molecule has 0 fully saturated rings. The fourth-order valence-corrected chi connectivity index (χ4v) is 2.83. The number of hydrogen-bond acceptors (Lipinski definition) is 4. The number of benzene rings is 1. The minimum Gasteiger partial charge on any atom is -0.371 e. The zero-order valence-corrected chi connectivity index (χ0v) is 10.4. The summed E-state index contributed by atoms with van der Waals surface area (Å²) in [6.45, 7) is 3.33. The van der Waals surface area contributed by atoms with Gasteiger partial charge < -0.3 is 4.18 Å². The number of carbonyl (C=O) groups is 1. The molecule has 1 N–H and O–H groups in total. The van der Waals surface area contributed by atoms with Crippen molar-refractivity contribution in [2.75, 3.05) is 0 Å². The molecule has 1 atom stereocenters. The molecule has 0 unspecified atom stereocenters. The molecule has 1 heterocycles. The molecular formula is C11H13NO4S. The summed E-state index contributed by atoms with van der Waals surface area (Å²) in [4.78, 5) is 11.1. The second-order valence-corrected chi connectivity index (χ2v) is 5.47. The number of ketones is 1. The first-order chi connectivity index (χ1) is 7.87. The van der Waals surface area contributed by atoms with Gasteiger partial charge in [0.2, 0.25) is 0 Å². The third-order valence-corrected chi connectivity index (χ3v) is 3.49. The van der Waals surface area contributed by atoms with Gasteiger partial charge in [-0.2, -0.15) is 13.1 Å². The monoisotopic (exact) mass is 255 g/mol. The molecule has 0 aromatic heterocycles. The highest BCUT2D eigenvalue weighted by Gasteiger charge is 2.31. The lowest BCUT2D eigenvalue weighted by atomic mass is 10.00. The van der Waals surface area contributed by atoms with Crippen LogP contribution in [0.1, 0.15) is 30.5 Å². The molecule has 0 amide bonds. The average Bonchev–Trinajstić information content (AvgIpc) is 2.17. The summed E-state index contributed by atoms with van der Waals surface area (Å²) in [7, 11) is -3.81. The van der Waals surface area contributed by atoms with E-state index in [-0.39, 0.29) is 12.2 Å². The van der Waals surface area contributed by atoms with E-state index in [4.69, 9.17) is 4.18 Å². The molecule has 1 aromatic rings. The fourth-order valence-electron chi connectivity index (χ4n) is 1.84. The van der Waals surface area contributed by atoms with Crippen LogP contribution in [0.25, 0.3) is 0 Å². The smallest absolute Gasteiger partial charge is 0.371 e. The first-order valence-corrected chi connectivity index (χ1v) is 6.60. The van der Waals surface area contributed by atoms with Crippen LogP contribution in [0, 0.1) is 6.92 Å². The molecule has 6 heteroatoms. The van der Waals surface area contributed by atoms with Gasteiger partial charge in [0.1, 0.15) is 11.5 Å². The summed E-state index contributed by atoms with van der Waals surface area (Å²) in [5.41, 5.74) is 1.69. The molecule has 92 valence electrons. The van der Waals surface area contributed by atoms with E-state index >= 15 is 0 Å². The van der Waals surface area contributed by atoms with Gasteiger partial charge in [-0.15, -0.1) is 0 Å². The Morgan fingerprint density at radius 2 is 2.18 bits per heavy atom. The zero-order valence-electron chi connectivity index (χ0n) is 9.56. The van der Waals surface area contributed by atoms with Crippen LogP contribution in [-0.4, -0.2) is 14.2 Å². The molecule has 17 heavy (non-hydrogen) atoms. The van der Waals surface area contributed by atoms with Crippen molar-refractivity contribution < 1.29 is 17.4 Å². The van der Waals surface area contributed by atoms with Gasteiger partial charge in [-0.1, -0.05) is 17.7 Å². The van der Waals surface area contributed by atoms with Crippen molar-refractivity contribution >= 4 is 16.1 Å². The Labute approximate surface area is 100 Å². The van der Waals surface area contributed by atoms with E-state index < -0.39 is 16.3 Å². The van der Waals surface area contributed by atoms with Crippen LogP contribution in [-0.2, 0) is 15.1 Å². The van der Waals surface area contributed by atoms with Crippen molar-refractivity contribution in [3.05, 3.63) is 29.3 Å². The SMILES string of the molecule is CC(=O)C[C@@H]1NS(=O)(=O)Oc2ccc(C)cc21. The Balaban J connectivity index is 2.48. The number of carbonyl (C=O) groups excluding carboxylic acids is 1. The van der Waals surface area contributed by atoms with E-state index in [2.05, 4.69) is 4.72 Å². The van der Waals surface area contributed by atoms with Gasteiger partial charge in [0, 0.05) is 12.0 Å². The van der Waals surface area contributed by atoms with Crippen LogP contribution in [0.3, 0.4) is 0 Å². The van der Waals surface area contributed by atoms with Crippen molar-refractivity contribution in [3.8, 4) is 5.75 Å². The Bertz CT molecular complexity index is 565. The molecule has 1 aromatic carbocycles. The largest absolute Gasteiger partial charge is 0.383 e. The van der Waals surface area contributed by atoms with Gasteiger partial charge >= 0.3 is 10.3 Å². The van der Waals surface area contributed by atoms with E-state index in [1.54, 1.807) is 12.1 Å². The van der Waals surface area contributed by atoms with Gasteiger partial charge in [-0.25, -0.2) is 0 Å². The van der Waals surface area contributed by atoms with Gasteiger partial charge in [0.15, 0.2) is 0 Å². The molecule has 1 aliphatic heterocycles. The molecule has 5 nitrogen and oxygen atoms in total. The average molecular weight is 255 g/mol. The van der Waals surface area contributed by atoms with Crippen LogP contribution in [0.15, 0.2) is 18.2 Å². The molecule has 0 saturated carbocycles. The fraction of sp³-hybridized carbons (Fsp3) is 0.364. The van der Waals surface area contributed by atoms with Crippen molar-refractivity contribution in [1.29, 1.82) is 0 Å². The second kappa shape index (κ2) is 4.12. The highest BCUT2D eigenvalue weighted by molar-refractivity contribution is 7.85. The van der Waals surface area contributed by atoms with Crippen LogP contribution < -0.4 is 8.91 Å². The van der Waals surface area contributed by atoms with Crippen LogP contribution >= 0.6 is 0 Å². The standard InChI is InChI=1S/C11H13NO4S/c1-7-3-4-11-9(5-7)10(6-8(2)13)12-17(14,15)16-11/h3-5,10,12H,6H2,1-2H3/t10-/m0/s1.